The second kappa shape index (κ2) is 9.83. The molecule has 3 aromatic carbocycles. The van der Waals surface area contributed by atoms with Crippen molar-refractivity contribution >= 4 is 11.9 Å². The van der Waals surface area contributed by atoms with Crippen LogP contribution in [-0.2, 0) is 16.6 Å². The van der Waals surface area contributed by atoms with E-state index >= 15 is 0 Å². The lowest BCUT2D eigenvalue weighted by molar-refractivity contribution is -0.274. The number of nitrogens with one attached hydrogen (secondary N) is 1. The number of rotatable bonds is 6. The molecular weight excluding hydrogens is 515 g/mol. The number of carboxylic acids is 1. The van der Waals surface area contributed by atoms with Crippen LogP contribution in [0.3, 0.4) is 0 Å². The van der Waals surface area contributed by atoms with Crippen molar-refractivity contribution in [2.45, 2.75) is 50.1 Å². The molecule has 5 rings (SSSR count). The maximum Gasteiger partial charge on any atom is 0.573 e. The first-order chi connectivity index (χ1) is 18.5. The number of fused-ring (bicyclic) bond motifs is 2. The summed E-state index contributed by atoms with van der Waals surface area (Å²) in [7, 11) is 1.52. The summed E-state index contributed by atoms with van der Waals surface area (Å²) in [6.45, 7) is 1.72. The van der Waals surface area contributed by atoms with E-state index < -0.39 is 29.9 Å². The molecule has 2 aliphatic rings. The molecule has 1 amide bonds. The van der Waals surface area contributed by atoms with Crippen molar-refractivity contribution in [2.24, 2.45) is 0 Å². The van der Waals surface area contributed by atoms with Crippen molar-refractivity contribution in [1.82, 2.24) is 5.32 Å². The SMILES string of the molecule is COc1ccc2c(c1)O[C@@H](c1cccc(C(=O)O)c1)C[C@H]2NC(=O)C1(C)CCc2ccc(OC(F)(F)F)cc21. The number of alkyl halides is 3. The van der Waals surface area contributed by atoms with Gasteiger partial charge in [-0.1, -0.05) is 18.2 Å². The zero-order chi connectivity index (χ0) is 27.9. The number of benzene rings is 3. The molecule has 0 spiro atoms. The van der Waals surface area contributed by atoms with Crippen LogP contribution in [0.4, 0.5) is 13.2 Å². The van der Waals surface area contributed by atoms with E-state index in [0.29, 0.717) is 47.5 Å². The van der Waals surface area contributed by atoms with Crippen molar-refractivity contribution in [1.29, 1.82) is 0 Å². The third kappa shape index (κ3) is 5.23. The van der Waals surface area contributed by atoms with Gasteiger partial charge >= 0.3 is 12.3 Å². The van der Waals surface area contributed by atoms with Crippen molar-refractivity contribution in [3.63, 3.8) is 0 Å². The molecule has 39 heavy (non-hydrogen) atoms. The molecule has 1 heterocycles. The summed E-state index contributed by atoms with van der Waals surface area (Å²) in [5.74, 6) is -0.746. The van der Waals surface area contributed by atoms with Gasteiger partial charge in [0.2, 0.25) is 5.91 Å². The van der Waals surface area contributed by atoms with Crippen molar-refractivity contribution < 1.29 is 42.1 Å². The fraction of sp³-hybridized carbons (Fsp3) is 0.310. The molecule has 3 atom stereocenters. The van der Waals surface area contributed by atoms with E-state index in [-0.39, 0.29) is 17.2 Å². The maximum absolute atomic E-state index is 13.8. The van der Waals surface area contributed by atoms with Crippen LogP contribution in [0.2, 0.25) is 0 Å². The predicted molar refractivity (Wildman–Crippen MR) is 134 cm³/mol. The van der Waals surface area contributed by atoms with E-state index in [1.807, 2.05) is 0 Å². The molecule has 1 aliphatic carbocycles. The Kier molecular flexibility index (Phi) is 6.65. The van der Waals surface area contributed by atoms with Gasteiger partial charge in [-0.05, 0) is 72.9 Å². The monoisotopic (exact) mass is 541 g/mol. The summed E-state index contributed by atoms with van der Waals surface area (Å²) in [4.78, 5) is 25.3. The van der Waals surface area contributed by atoms with Gasteiger partial charge in [0, 0.05) is 18.1 Å². The number of ether oxygens (including phenoxy) is 3. The van der Waals surface area contributed by atoms with E-state index in [1.165, 1.54) is 31.4 Å². The highest BCUT2D eigenvalue weighted by atomic mass is 19.4. The normalized spacial score (nSPS) is 21.8. The Bertz CT molecular complexity index is 1440. The molecule has 0 fully saturated rings. The number of carboxylic acid groups (broad SMARTS) is 1. The second-order valence-corrected chi connectivity index (χ2v) is 9.90. The van der Waals surface area contributed by atoms with E-state index in [4.69, 9.17) is 9.47 Å². The minimum absolute atomic E-state index is 0.111. The summed E-state index contributed by atoms with van der Waals surface area (Å²) in [5, 5.41) is 12.5. The molecule has 2 N–H and O–H groups in total. The van der Waals surface area contributed by atoms with Crippen LogP contribution in [-0.4, -0.2) is 30.5 Å². The molecule has 1 aliphatic heterocycles. The molecule has 0 radical (unpaired) electrons. The summed E-state index contributed by atoms with van der Waals surface area (Å²) in [5.41, 5.74) is 1.67. The number of hydrogen-bond donors (Lipinski definition) is 2. The Balaban J connectivity index is 1.46. The van der Waals surface area contributed by atoms with Crippen LogP contribution < -0.4 is 19.5 Å². The number of aromatic carboxylic acids is 1. The number of carbonyl (C=O) groups excluding carboxylic acids is 1. The Labute approximate surface area is 222 Å². The highest BCUT2D eigenvalue weighted by Gasteiger charge is 2.44. The Morgan fingerprint density at radius 1 is 1.08 bits per heavy atom. The molecule has 10 heteroatoms. The third-order valence-corrected chi connectivity index (χ3v) is 7.43. The standard InChI is InChI=1S/C29H26F3NO6/c1-28(11-10-16-6-7-20(13-22(16)28)39-29(30,31)32)27(36)33-23-15-24(17-4-3-5-18(12-17)26(34)35)38-25-14-19(37-2)8-9-21(23)25/h3-9,12-14,23-24H,10-11,15H2,1-2H3,(H,33,36)(H,34,35)/t23-,24-,28?/m1/s1. The minimum atomic E-state index is -4.84. The van der Waals surface area contributed by atoms with Crippen molar-refractivity contribution in [2.75, 3.05) is 7.11 Å². The average molecular weight is 542 g/mol. The summed E-state index contributed by atoms with van der Waals surface area (Å²) in [6, 6.07) is 15.3. The van der Waals surface area contributed by atoms with Crippen molar-refractivity contribution in [3.05, 3.63) is 88.5 Å². The molecule has 204 valence electrons. The zero-order valence-corrected chi connectivity index (χ0v) is 21.2. The number of halogens is 3. The molecule has 0 saturated carbocycles. The average Bonchev–Trinajstić information content (AvgIpc) is 3.24. The minimum Gasteiger partial charge on any atom is -0.497 e. The van der Waals surface area contributed by atoms with Crippen LogP contribution in [0.25, 0.3) is 0 Å². The van der Waals surface area contributed by atoms with Crippen LogP contribution in [0.15, 0.2) is 60.7 Å². The fourth-order valence-electron chi connectivity index (χ4n) is 5.34. The van der Waals surface area contributed by atoms with E-state index in [2.05, 4.69) is 10.1 Å². The van der Waals surface area contributed by atoms with Gasteiger partial charge < -0.3 is 24.6 Å². The van der Waals surface area contributed by atoms with Gasteiger partial charge in [-0.25, -0.2) is 4.79 Å². The molecule has 1 unspecified atom stereocenters. The van der Waals surface area contributed by atoms with E-state index in [9.17, 15) is 27.9 Å². The molecular formula is C29H26F3NO6. The molecule has 0 saturated heterocycles. The first-order valence-corrected chi connectivity index (χ1v) is 12.3. The lowest BCUT2D eigenvalue weighted by Crippen LogP contribution is -2.44. The quantitative estimate of drug-likeness (QED) is 0.405. The first kappa shape index (κ1) is 26.4. The number of methoxy groups -OCH3 is 1. The third-order valence-electron chi connectivity index (χ3n) is 7.43. The second-order valence-electron chi connectivity index (χ2n) is 9.90. The largest absolute Gasteiger partial charge is 0.573 e. The highest BCUT2D eigenvalue weighted by Crippen LogP contribution is 2.45. The summed E-state index contributed by atoms with van der Waals surface area (Å²) in [6.07, 6.45) is -4.13. The van der Waals surface area contributed by atoms with Gasteiger partial charge in [0.05, 0.1) is 24.1 Å². The number of carbonyl (C=O) groups is 2. The Hall–Kier alpha value is -4.21. The number of amides is 1. The van der Waals surface area contributed by atoms with Gasteiger partial charge in [-0.15, -0.1) is 13.2 Å². The van der Waals surface area contributed by atoms with E-state index in [1.54, 1.807) is 43.3 Å². The Morgan fingerprint density at radius 3 is 2.56 bits per heavy atom. The van der Waals surface area contributed by atoms with Gasteiger partial charge in [0.1, 0.15) is 23.4 Å². The molecule has 0 bridgehead atoms. The number of hydrogen-bond acceptors (Lipinski definition) is 5. The fourth-order valence-corrected chi connectivity index (χ4v) is 5.34. The smallest absolute Gasteiger partial charge is 0.497 e. The molecule has 7 nitrogen and oxygen atoms in total. The summed E-state index contributed by atoms with van der Waals surface area (Å²) < 4.78 is 54.2. The Morgan fingerprint density at radius 2 is 1.85 bits per heavy atom. The highest BCUT2D eigenvalue weighted by molar-refractivity contribution is 5.90. The maximum atomic E-state index is 13.8. The zero-order valence-electron chi connectivity index (χ0n) is 21.2. The van der Waals surface area contributed by atoms with Crippen LogP contribution in [0.1, 0.15) is 64.5 Å². The van der Waals surface area contributed by atoms with Crippen LogP contribution in [0.5, 0.6) is 17.2 Å². The van der Waals surface area contributed by atoms with Crippen LogP contribution >= 0.6 is 0 Å². The summed E-state index contributed by atoms with van der Waals surface area (Å²) >= 11 is 0. The molecule has 3 aromatic rings. The lowest BCUT2D eigenvalue weighted by atomic mass is 9.82. The van der Waals surface area contributed by atoms with Crippen LogP contribution in [0, 0.1) is 0 Å². The number of aryl methyl sites for hydroxylation is 1. The van der Waals surface area contributed by atoms with Gasteiger partial charge in [-0.3, -0.25) is 4.79 Å². The first-order valence-electron chi connectivity index (χ1n) is 12.3. The van der Waals surface area contributed by atoms with Crippen molar-refractivity contribution in [3.8, 4) is 17.2 Å². The van der Waals surface area contributed by atoms with E-state index in [0.717, 1.165) is 5.56 Å². The topological polar surface area (TPSA) is 94.1 Å². The lowest BCUT2D eigenvalue weighted by Gasteiger charge is -2.35. The molecule has 0 aromatic heterocycles. The van der Waals surface area contributed by atoms with Gasteiger partial charge in [0.15, 0.2) is 0 Å². The van der Waals surface area contributed by atoms with Gasteiger partial charge in [-0.2, -0.15) is 0 Å². The predicted octanol–water partition coefficient (Wildman–Crippen LogP) is 5.88. The van der Waals surface area contributed by atoms with Gasteiger partial charge in [0.25, 0.3) is 0 Å².